The van der Waals surface area contributed by atoms with Gasteiger partial charge in [-0.25, -0.2) is 9.97 Å². The molecule has 4 aromatic rings. The first-order valence-electron chi connectivity index (χ1n) is 16.1. The van der Waals surface area contributed by atoms with Crippen LogP contribution >= 0.6 is 11.6 Å². The van der Waals surface area contributed by atoms with E-state index in [9.17, 15) is 27.9 Å². The predicted octanol–water partition coefficient (Wildman–Crippen LogP) is 8.04. The highest BCUT2D eigenvalue weighted by Gasteiger charge is 2.32. The maximum atomic E-state index is 14.0. The van der Waals surface area contributed by atoms with Crippen molar-refractivity contribution >= 4 is 29.4 Å². The number of halogens is 4. The lowest BCUT2D eigenvalue weighted by molar-refractivity contribution is -0.138. The Bertz CT molecular complexity index is 1730. The Balaban J connectivity index is 1.44. The van der Waals surface area contributed by atoms with Gasteiger partial charge in [0, 0.05) is 24.3 Å². The fraction of sp³-hybridized carbons (Fsp3) is 0.351. The molecule has 0 aliphatic carbocycles. The number of alkyl halides is 3. The molecule has 0 saturated carbocycles. The fourth-order valence-corrected chi connectivity index (χ4v) is 5.91. The summed E-state index contributed by atoms with van der Waals surface area (Å²) in [6.07, 6.45) is -0.416. The van der Waals surface area contributed by atoms with Crippen molar-refractivity contribution in [3.8, 4) is 5.75 Å². The van der Waals surface area contributed by atoms with Crippen molar-refractivity contribution < 1.29 is 32.6 Å². The van der Waals surface area contributed by atoms with Gasteiger partial charge in [0.15, 0.2) is 0 Å². The molecule has 0 bridgehead atoms. The molecule has 12 heteroatoms. The molecule has 1 N–H and O–H groups in total. The molecule has 5 rings (SSSR count). The van der Waals surface area contributed by atoms with Crippen molar-refractivity contribution in [2.75, 3.05) is 24.6 Å². The largest absolute Gasteiger partial charge is 0.493 e. The number of hydrogen-bond donors (Lipinski definition) is 1. The lowest BCUT2D eigenvalue weighted by Crippen LogP contribution is -2.36. The van der Waals surface area contributed by atoms with E-state index in [2.05, 4.69) is 23.7 Å². The average Bonchev–Trinajstić information content (AvgIpc) is 3.56. The summed E-state index contributed by atoms with van der Waals surface area (Å²) in [6, 6.07) is 19.7. The van der Waals surface area contributed by atoms with Gasteiger partial charge in [0.25, 0.3) is 5.91 Å². The van der Waals surface area contributed by atoms with Gasteiger partial charge in [-0.2, -0.15) is 13.2 Å². The molecule has 1 fully saturated rings. The Hall–Kier alpha value is -4.64. The van der Waals surface area contributed by atoms with Crippen LogP contribution in [0.3, 0.4) is 0 Å². The zero-order valence-electron chi connectivity index (χ0n) is 27.3. The number of hydrogen-bond acceptors (Lipinski definition) is 6. The Kier molecular flexibility index (Phi) is 11.4. The average molecular weight is 695 g/mol. The van der Waals surface area contributed by atoms with E-state index in [1.165, 1.54) is 18.3 Å². The number of rotatable bonds is 13. The summed E-state index contributed by atoms with van der Waals surface area (Å²) in [6.45, 7) is 4.57. The van der Waals surface area contributed by atoms with E-state index in [4.69, 9.17) is 21.3 Å². The molecular weight excluding hydrogens is 657 g/mol. The van der Waals surface area contributed by atoms with Crippen LogP contribution in [0, 0.1) is 5.92 Å². The minimum atomic E-state index is -4.52. The van der Waals surface area contributed by atoms with Gasteiger partial charge in [-0.15, -0.1) is 0 Å². The molecule has 0 radical (unpaired) electrons. The van der Waals surface area contributed by atoms with Crippen molar-refractivity contribution in [1.29, 1.82) is 0 Å². The minimum Gasteiger partial charge on any atom is -0.493 e. The Morgan fingerprint density at radius 1 is 1.00 bits per heavy atom. The van der Waals surface area contributed by atoms with Crippen molar-refractivity contribution in [3.63, 3.8) is 0 Å². The van der Waals surface area contributed by atoms with Crippen molar-refractivity contribution in [1.82, 2.24) is 14.9 Å². The van der Waals surface area contributed by atoms with Crippen LogP contribution in [-0.4, -0.2) is 51.5 Å². The van der Waals surface area contributed by atoms with Crippen molar-refractivity contribution in [3.05, 3.63) is 118 Å². The van der Waals surface area contributed by atoms with Crippen molar-refractivity contribution in [2.45, 2.75) is 58.3 Å². The maximum absolute atomic E-state index is 14.0. The van der Waals surface area contributed by atoms with E-state index < -0.39 is 30.2 Å². The summed E-state index contributed by atoms with van der Waals surface area (Å²) >= 11 is 6.13. The monoisotopic (exact) mass is 694 g/mol. The van der Waals surface area contributed by atoms with E-state index in [1.807, 2.05) is 48.5 Å². The van der Waals surface area contributed by atoms with Gasteiger partial charge in [-0.3, -0.25) is 9.59 Å². The number of carbonyl (C=O) groups is 2. The van der Waals surface area contributed by atoms with E-state index in [0.29, 0.717) is 54.1 Å². The number of anilines is 1. The summed E-state index contributed by atoms with van der Waals surface area (Å²) in [5.41, 5.74) is 2.15. The molecule has 1 amide bonds. The molecule has 1 aliphatic heterocycles. The Labute approximate surface area is 288 Å². The molecule has 2 heterocycles. The fourth-order valence-electron chi connectivity index (χ4n) is 5.78. The Morgan fingerprint density at radius 3 is 2.31 bits per heavy atom. The van der Waals surface area contributed by atoms with E-state index in [-0.39, 0.29) is 18.2 Å². The first kappa shape index (κ1) is 35.7. The molecule has 258 valence electrons. The van der Waals surface area contributed by atoms with Gasteiger partial charge in [0.1, 0.15) is 12.3 Å². The number of amides is 1. The standard InChI is InChI=1S/C37H38ClF3N4O4/c1-24(2)23-49-30-16-7-25(8-17-30)9-18-32-31(20-42-36(43-32)45-19-3-4-33(45)27-10-14-29(38)15-11-27)35(48)44(22-34(46)47)21-26-5-12-28(13-6-26)37(39,40)41/h5-8,10-17,20,24,33H,3-4,9,18-19,21-23H2,1-2H3,(H,46,47)/t33-/m0/s1. The van der Waals surface area contributed by atoms with Crippen LogP contribution in [0.2, 0.25) is 5.02 Å². The molecule has 1 saturated heterocycles. The summed E-state index contributed by atoms with van der Waals surface area (Å²) in [4.78, 5) is 38.6. The van der Waals surface area contributed by atoms with Gasteiger partial charge in [-0.1, -0.05) is 61.8 Å². The maximum Gasteiger partial charge on any atom is 0.416 e. The van der Waals surface area contributed by atoms with E-state index >= 15 is 0 Å². The number of carboxylic acids is 1. The zero-order chi connectivity index (χ0) is 35.1. The summed E-state index contributed by atoms with van der Waals surface area (Å²) in [5.74, 6) is -0.294. The number of ether oxygens (including phenoxy) is 1. The molecule has 1 atom stereocenters. The predicted molar refractivity (Wildman–Crippen MR) is 181 cm³/mol. The Morgan fingerprint density at radius 2 is 1.67 bits per heavy atom. The molecule has 8 nitrogen and oxygen atoms in total. The lowest BCUT2D eigenvalue weighted by atomic mass is 10.0. The van der Waals surface area contributed by atoms with Crippen LogP contribution in [0.4, 0.5) is 19.1 Å². The first-order valence-corrected chi connectivity index (χ1v) is 16.5. The number of benzene rings is 3. The second-order valence-corrected chi connectivity index (χ2v) is 13.0. The number of aryl methyl sites for hydroxylation is 2. The van der Waals surface area contributed by atoms with Crippen LogP contribution in [0.25, 0.3) is 0 Å². The van der Waals surface area contributed by atoms with Crippen LogP contribution < -0.4 is 9.64 Å². The number of aliphatic carboxylic acids is 1. The third-order valence-electron chi connectivity index (χ3n) is 8.28. The van der Waals surface area contributed by atoms with E-state index in [1.54, 1.807) is 0 Å². The topological polar surface area (TPSA) is 95.9 Å². The highest BCUT2D eigenvalue weighted by Crippen LogP contribution is 2.35. The molecule has 1 aromatic heterocycles. The second-order valence-electron chi connectivity index (χ2n) is 12.5. The van der Waals surface area contributed by atoms with Crippen LogP contribution in [-0.2, 0) is 30.4 Å². The number of nitrogens with zero attached hydrogens (tertiary/aromatic N) is 4. The quantitative estimate of drug-likeness (QED) is 0.151. The van der Waals surface area contributed by atoms with Crippen LogP contribution in [0.1, 0.15) is 71.0 Å². The molecular formula is C37H38ClF3N4O4. The van der Waals surface area contributed by atoms with Crippen molar-refractivity contribution in [2.24, 2.45) is 5.92 Å². The summed E-state index contributed by atoms with van der Waals surface area (Å²) in [5, 5.41) is 10.3. The second kappa shape index (κ2) is 15.7. The summed E-state index contributed by atoms with van der Waals surface area (Å²) < 4.78 is 45.2. The summed E-state index contributed by atoms with van der Waals surface area (Å²) in [7, 11) is 0. The van der Waals surface area contributed by atoms with Gasteiger partial charge in [0.05, 0.1) is 29.5 Å². The molecule has 0 unspecified atom stereocenters. The molecule has 49 heavy (non-hydrogen) atoms. The van der Waals surface area contributed by atoms with E-state index in [0.717, 1.165) is 46.8 Å². The molecule has 3 aromatic carbocycles. The van der Waals surface area contributed by atoms with Crippen LogP contribution in [0.5, 0.6) is 5.75 Å². The first-order chi connectivity index (χ1) is 23.4. The zero-order valence-corrected chi connectivity index (χ0v) is 28.0. The number of aromatic nitrogens is 2. The molecule has 1 aliphatic rings. The third kappa shape index (κ3) is 9.50. The highest BCUT2D eigenvalue weighted by atomic mass is 35.5. The van der Waals surface area contributed by atoms with Gasteiger partial charge >= 0.3 is 12.1 Å². The van der Waals surface area contributed by atoms with Gasteiger partial charge in [0.2, 0.25) is 5.95 Å². The molecule has 0 spiro atoms. The lowest BCUT2D eigenvalue weighted by Gasteiger charge is -2.27. The highest BCUT2D eigenvalue weighted by molar-refractivity contribution is 6.30. The SMILES string of the molecule is CC(C)COc1ccc(CCc2nc(N3CCC[C@H]3c3ccc(Cl)cc3)ncc2C(=O)N(CC(=O)O)Cc2ccc(C(F)(F)F)cc2)cc1. The minimum absolute atomic E-state index is 0.00762. The number of carboxylic acid groups (broad SMARTS) is 1. The third-order valence-corrected chi connectivity index (χ3v) is 8.53. The number of carbonyl (C=O) groups excluding carboxylic acids is 1. The van der Waals surface area contributed by atoms with Gasteiger partial charge in [-0.05, 0) is 84.7 Å². The normalized spacial score (nSPS) is 14.7. The van der Waals surface area contributed by atoms with Gasteiger partial charge < -0.3 is 19.6 Å². The smallest absolute Gasteiger partial charge is 0.416 e. The van der Waals surface area contributed by atoms with Crippen LogP contribution in [0.15, 0.2) is 79.0 Å².